The Balaban J connectivity index is 1.74. The highest BCUT2D eigenvalue weighted by atomic mass is 16.5. The summed E-state index contributed by atoms with van der Waals surface area (Å²) in [5.41, 5.74) is 1.17. The predicted molar refractivity (Wildman–Crippen MR) is 78.0 cm³/mol. The van der Waals surface area contributed by atoms with Crippen LogP contribution in [0.1, 0.15) is 11.4 Å². The maximum atomic E-state index is 5.88. The van der Waals surface area contributed by atoms with Gasteiger partial charge in [0.25, 0.3) is 0 Å². The Kier molecular flexibility index (Phi) is 3.90. The number of nitrogens with zero attached hydrogens (tertiary/aromatic N) is 2. The summed E-state index contributed by atoms with van der Waals surface area (Å²) in [6.07, 6.45) is 3.43. The average Bonchev–Trinajstić information content (AvgIpc) is 2.54. The molecule has 2 aromatic rings. The van der Waals surface area contributed by atoms with E-state index in [9.17, 15) is 0 Å². The van der Waals surface area contributed by atoms with E-state index in [1.54, 1.807) is 26.5 Å². The summed E-state index contributed by atoms with van der Waals surface area (Å²) in [7, 11) is 3.27. The quantitative estimate of drug-likeness (QED) is 0.863. The molecule has 0 fully saturated rings. The van der Waals surface area contributed by atoms with Crippen molar-refractivity contribution < 1.29 is 14.2 Å². The van der Waals surface area contributed by atoms with Crippen LogP contribution in [0.2, 0.25) is 0 Å². The SMILES string of the molecule is COc1ccnc(C[C@H]2COc3c(cccc3OC)C2)n1. The van der Waals surface area contributed by atoms with Gasteiger partial charge in [0.1, 0.15) is 5.82 Å². The van der Waals surface area contributed by atoms with E-state index in [0.29, 0.717) is 18.4 Å². The highest BCUT2D eigenvalue weighted by molar-refractivity contribution is 5.47. The van der Waals surface area contributed by atoms with Gasteiger partial charge in [0.05, 0.1) is 20.8 Å². The monoisotopic (exact) mass is 286 g/mol. The van der Waals surface area contributed by atoms with Crippen molar-refractivity contribution in [1.29, 1.82) is 0 Å². The Morgan fingerprint density at radius 2 is 2.14 bits per heavy atom. The minimum absolute atomic E-state index is 0.358. The first-order chi connectivity index (χ1) is 10.3. The molecule has 110 valence electrons. The smallest absolute Gasteiger partial charge is 0.216 e. The molecule has 5 nitrogen and oxygen atoms in total. The number of fused-ring (bicyclic) bond motifs is 1. The molecule has 0 saturated carbocycles. The molecule has 1 atom stereocenters. The van der Waals surface area contributed by atoms with E-state index in [4.69, 9.17) is 14.2 Å². The van der Waals surface area contributed by atoms with Crippen molar-refractivity contribution in [2.45, 2.75) is 12.8 Å². The lowest BCUT2D eigenvalue weighted by Crippen LogP contribution is -2.24. The lowest BCUT2D eigenvalue weighted by atomic mass is 9.93. The van der Waals surface area contributed by atoms with Crippen molar-refractivity contribution in [2.24, 2.45) is 5.92 Å². The molecule has 0 spiro atoms. The van der Waals surface area contributed by atoms with Crippen molar-refractivity contribution in [3.63, 3.8) is 0 Å². The maximum absolute atomic E-state index is 5.88. The van der Waals surface area contributed by atoms with E-state index in [2.05, 4.69) is 16.0 Å². The number of para-hydroxylation sites is 1. The zero-order chi connectivity index (χ0) is 14.7. The van der Waals surface area contributed by atoms with Gasteiger partial charge >= 0.3 is 0 Å². The Hall–Kier alpha value is -2.30. The molecule has 0 saturated heterocycles. The Bertz CT molecular complexity index is 631. The molecular formula is C16H18N2O3. The van der Waals surface area contributed by atoms with E-state index < -0.39 is 0 Å². The summed E-state index contributed by atoms with van der Waals surface area (Å²) in [4.78, 5) is 8.66. The number of hydrogen-bond acceptors (Lipinski definition) is 5. The van der Waals surface area contributed by atoms with Crippen LogP contribution in [0.4, 0.5) is 0 Å². The Labute approximate surface area is 123 Å². The molecule has 0 radical (unpaired) electrons. The van der Waals surface area contributed by atoms with Crippen LogP contribution in [0, 0.1) is 5.92 Å². The summed E-state index contributed by atoms with van der Waals surface area (Å²) in [6, 6.07) is 7.74. The Morgan fingerprint density at radius 1 is 1.24 bits per heavy atom. The van der Waals surface area contributed by atoms with Crippen LogP contribution in [0.3, 0.4) is 0 Å². The van der Waals surface area contributed by atoms with E-state index in [-0.39, 0.29) is 0 Å². The molecule has 5 heteroatoms. The van der Waals surface area contributed by atoms with Crippen LogP contribution in [0.15, 0.2) is 30.5 Å². The molecule has 1 aromatic carbocycles. The van der Waals surface area contributed by atoms with E-state index in [1.165, 1.54) is 5.56 Å². The fraction of sp³-hybridized carbons (Fsp3) is 0.375. The lowest BCUT2D eigenvalue weighted by molar-refractivity contribution is 0.209. The third-order valence-electron chi connectivity index (χ3n) is 3.61. The number of methoxy groups -OCH3 is 2. The molecule has 2 heterocycles. The van der Waals surface area contributed by atoms with Gasteiger partial charge in [-0.15, -0.1) is 0 Å². The molecule has 0 aliphatic carbocycles. The fourth-order valence-electron chi connectivity index (χ4n) is 2.60. The largest absolute Gasteiger partial charge is 0.493 e. The van der Waals surface area contributed by atoms with Crippen LogP contribution in [-0.4, -0.2) is 30.8 Å². The second-order valence-corrected chi connectivity index (χ2v) is 5.05. The van der Waals surface area contributed by atoms with Crippen molar-refractivity contribution in [2.75, 3.05) is 20.8 Å². The lowest BCUT2D eigenvalue weighted by Gasteiger charge is -2.26. The summed E-state index contributed by atoms with van der Waals surface area (Å²) in [5.74, 6) is 3.40. The minimum atomic E-state index is 0.358. The number of benzene rings is 1. The van der Waals surface area contributed by atoms with Gasteiger partial charge in [-0.3, -0.25) is 0 Å². The molecule has 0 amide bonds. The first-order valence-corrected chi connectivity index (χ1v) is 6.94. The summed E-state index contributed by atoms with van der Waals surface area (Å²) in [6.45, 7) is 0.647. The number of aromatic nitrogens is 2. The molecule has 0 bridgehead atoms. The number of ether oxygens (including phenoxy) is 3. The summed E-state index contributed by atoms with van der Waals surface area (Å²) in [5, 5.41) is 0. The third kappa shape index (κ3) is 2.91. The second kappa shape index (κ2) is 5.99. The van der Waals surface area contributed by atoms with Gasteiger partial charge in [-0.25, -0.2) is 4.98 Å². The zero-order valence-electron chi connectivity index (χ0n) is 12.2. The van der Waals surface area contributed by atoms with Gasteiger partial charge in [-0.2, -0.15) is 4.98 Å². The minimum Gasteiger partial charge on any atom is -0.493 e. The van der Waals surface area contributed by atoms with Gasteiger partial charge in [0, 0.05) is 24.6 Å². The molecule has 21 heavy (non-hydrogen) atoms. The third-order valence-corrected chi connectivity index (χ3v) is 3.61. The van der Waals surface area contributed by atoms with Crippen LogP contribution < -0.4 is 14.2 Å². The van der Waals surface area contributed by atoms with Crippen molar-refractivity contribution >= 4 is 0 Å². The van der Waals surface area contributed by atoms with Gasteiger partial charge in [-0.05, 0) is 18.1 Å². The van der Waals surface area contributed by atoms with Crippen molar-refractivity contribution in [3.05, 3.63) is 41.9 Å². The first kappa shape index (κ1) is 13.7. The molecule has 1 aliphatic rings. The standard InChI is InChI=1S/C16H18N2O3/c1-19-13-5-3-4-12-8-11(10-21-16(12)13)9-14-17-7-6-15(18-14)20-2/h3-7,11H,8-10H2,1-2H3/t11-/m0/s1. The van der Waals surface area contributed by atoms with Crippen molar-refractivity contribution in [3.8, 4) is 17.4 Å². The number of hydrogen-bond donors (Lipinski definition) is 0. The van der Waals surface area contributed by atoms with Gasteiger partial charge < -0.3 is 14.2 Å². The molecule has 0 N–H and O–H groups in total. The topological polar surface area (TPSA) is 53.5 Å². The second-order valence-electron chi connectivity index (χ2n) is 5.05. The number of rotatable bonds is 4. The Morgan fingerprint density at radius 3 is 2.95 bits per heavy atom. The molecular weight excluding hydrogens is 268 g/mol. The van der Waals surface area contributed by atoms with Crippen LogP contribution in [-0.2, 0) is 12.8 Å². The fourth-order valence-corrected chi connectivity index (χ4v) is 2.60. The van der Waals surface area contributed by atoms with E-state index in [1.807, 2.05) is 12.1 Å². The van der Waals surface area contributed by atoms with E-state index >= 15 is 0 Å². The predicted octanol–water partition coefficient (Wildman–Crippen LogP) is 2.29. The molecule has 1 aliphatic heterocycles. The normalized spacial score (nSPS) is 16.8. The highest BCUT2D eigenvalue weighted by Crippen LogP contribution is 2.36. The summed E-state index contributed by atoms with van der Waals surface area (Å²) < 4.78 is 16.3. The molecule has 0 unspecified atom stereocenters. The van der Waals surface area contributed by atoms with Gasteiger partial charge in [-0.1, -0.05) is 12.1 Å². The van der Waals surface area contributed by atoms with Gasteiger partial charge in [0.2, 0.25) is 5.88 Å². The van der Waals surface area contributed by atoms with E-state index in [0.717, 1.165) is 30.2 Å². The van der Waals surface area contributed by atoms with Crippen LogP contribution in [0.5, 0.6) is 17.4 Å². The van der Waals surface area contributed by atoms with Crippen molar-refractivity contribution in [1.82, 2.24) is 9.97 Å². The summed E-state index contributed by atoms with van der Waals surface area (Å²) >= 11 is 0. The maximum Gasteiger partial charge on any atom is 0.216 e. The average molecular weight is 286 g/mol. The highest BCUT2D eigenvalue weighted by Gasteiger charge is 2.23. The zero-order valence-corrected chi connectivity index (χ0v) is 12.2. The first-order valence-electron chi connectivity index (χ1n) is 6.94. The van der Waals surface area contributed by atoms with Crippen LogP contribution in [0.25, 0.3) is 0 Å². The molecule has 1 aromatic heterocycles. The van der Waals surface area contributed by atoms with Gasteiger partial charge in [0.15, 0.2) is 11.5 Å². The van der Waals surface area contributed by atoms with Crippen LogP contribution >= 0.6 is 0 Å². The molecule has 3 rings (SSSR count).